The second-order valence-electron chi connectivity index (χ2n) is 4.04. The van der Waals surface area contributed by atoms with E-state index in [0.717, 1.165) is 6.92 Å². The van der Waals surface area contributed by atoms with Crippen LogP contribution in [0.15, 0.2) is 0 Å². The highest BCUT2D eigenvalue weighted by molar-refractivity contribution is 5.73. The zero-order valence-corrected chi connectivity index (χ0v) is 10.1. The van der Waals surface area contributed by atoms with Gasteiger partial charge in [-0.3, -0.25) is 9.59 Å². The van der Waals surface area contributed by atoms with Gasteiger partial charge in [-0.25, -0.2) is 0 Å². The van der Waals surface area contributed by atoms with Gasteiger partial charge < -0.3 is 30.1 Å². The van der Waals surface area contributed by atoms with Crippen LogP contribution in [0, 0.1) is 0 Å². The van der Waals surface area contributed by atoms with E-state index in [9.17, 15) is 19.8 Å². The Hall–Kier alpha value is -1.22. The minimum absolute atomic E-state index is 0.481. The Morgan fingerprint density at radius 3 is 2.39 bits per heavy atom. The number of aliphatic hydroxyl groups excluding tert-OH is 3. The average molecular weight is 263 g/mol. The van der Waals surface area contributed by atoms with Crippen molar-refractivity contribution in [3.63, 3.8) is 0 Å². The number of amides is 1. The lowest BCUT2D eigenvalue weighted by molar-refractivity contribution is -0.259. The van der Waals surface area contributed by atoms with Crippen LogP contribution in [0.4, 0.5) is 0 Å². The SMILES string of the molecule is CC(=O)N[C@H]1[C@@H](O)[C@H](OC(C)=O)[C@@H](CO)O[C@@H]1O. The predicted octanol–water partition coefficient (Wildman–Crippen LogP) is -2.51. The molecule has 0 spiro atoms. The first kappa shape index (κ1) is 14.8. The number of carbonyl (C=O) groups excluding carboxylic acids is 2. The number of rotatable bonds is 3. The standard InChI is InChI=1S/C10H17NO7/c1-4(13)11-7-8(15)9(17-5(2)14)6(3-12)18-10(7)16/h6-10,12,15-16H,3H2,1-2H3,(H,11,13)/t6-,7+,8-,9-,10+/m1/s1. The Bertz CT molecular complexity index is 321. The minimum atomic E-state index is -1.49. The van der Waals surface area contributed by atoms with Gasteiger partial charge in [-0.1, -0.05) is 0 Å². The topological polar surface area (TPSA) is 125 Å². The second-order valence-corrected chi connectivity index (χ2v) is 4.04. The number of aliphatic hydroxyl groups is 3. The average Bonchev–Trinajstić information content (AvgIpc) is 2.27. The highest BCUT2D eigenvalue weighted by Crippen LogP contribution is 2.22. The van der Waals surface area contributed by atoms with Gasteiger partial charge in [0.05, 0.1) is 6.61 Å². The Kier molecular flexibility index (Phi) is 5.03. The van der Waals surface area contributed by atoms with Crippen molar-refractivity contribution in [3.05, 3.63) is 0 Å². The summed E-state index contributed by atoms with van der Waals surface area (Å²) in [5.74, 6) is -1.15. The normalized spacial score (nSPS) is 35.9. The molecular formula is C10H17NO7. The van der Waals surface area contributed by atoms with Crippen molar-refractivity contribution in [1.29, 1.82) is 0 Å². The van der Waals surface area contributed by atoms with Gasteiger partial charge in [0.2, 0.25) is 5.91 Å². The van der Waals surface area contributed by atoms with Gasteiger partial charge >= 0.3 is 5.97 Å². The first-order valence-corrected chi connectivity index (χ1v) is 5.43. The summed E-state index contributed by atoms with van der Waals surface area (Å²) >= 11 is 0. The highest BCUT2D eigenvalue weighted by atomic mass is 16.6. The fourth-order valence-electron chi connectivity index (χ4n) is 1.81. The lowest BCUT2D eigenvalue weighted by Crippen LogP contribution is -2.64. The molecule has 0 bridgehead atoms. The molecule has 1 fully saturated rings. The molecule has 4 N–H and O–H groups in total. The van der Waals surface area contributed by atoms with E-state index < -0.39 is 49.1 Å². The summed E-state index contributed by atoms with van der Waals surface area (Å²) in [6, 6.07) is -1.13. The Morgan fingerprint density at radius 1 is 1.33 bits per heavy atom. The number of carbonyl (C=O) groups is 2. The van der Waals surface area contributed by atoms with Crippen molar-refractivity contribution in [3.8, 4) is 0 Å². The molecule has 1 saturated heterocycles. The quantitative estimate of drug-likeness (QED) is 0.414. The number of esters is 1. The molecule has 0 unspecified atom stereocenters. The monoisotopic (exact) mass is 263 g/mol. The molecule has 1 amide bonds. The van der Waals surface area contributed by atoms with Gasteiger partial charge in [0.25, 0.3) is 0 Å². The van der Waals surface area contributed by atoms with Gasteiger partial charge in [0, 0.05) is 13.8 Å². The maximum atomic E-state index is 10.9. The largest absolute Gasteiger partial charge is 0.457 e. The smallest absolute Gasteiger partial charge is 0.303 e. The molecule has 1 rings (SSSR count). The van der Waals surface area contributed by atoms with E-state index in [0.29, 0.717) is 0 Å². The molecule has 8 nitrogen and oxygen atoms in total. The number of hydrogen-bond acceptors (Lipinski definition) is 7. The fourth-order valence-corrected chi connectivity index (χ4v) is 1.81. The van der Waals surface area contributed by atoms with E-state index in [1.165, 1.54) is 6.92 Å². The summed E-state index contributed by atoms with van der Waals surface area (Å²) in [6.07, 6.45) is -5.08. The Balaban J connectivity index is 2.84. The van der Waals surface area contributed by atoms with Crippen LogP contribution in [0.25, 0.3) is 0 Å². The molecule has 0 aromatic carbocycles. The summed E-state index contributed by atoms with van der Waals surface area (Å²) in [7, 11) is 0. The predicted molar refractivity (Wildman–Crippen MR) is 57.1 cm³/mol. The molecule has 104 valence electrons. The first-order chi connectivity index (χ1) is 8.36. The molecule has 18 heavy (non-hydrogen) atoms. The van der Waals surface area contributed by atoms with Gasteiger partial charge in [-0.2, -0.15) is 0 Å². The molecule has 5 atom stereocenters. The van der Waals surface area contributed by atoms with E-state index >= 15 is 0 Å². The summed E-state index contributed by atoms with van der Waals surface area (Å²) in [5.41, 5.74) is 0. The van der Waals surface area contributed by atoms with Gasteiger partial charge in [-0.15, -0.1) is 0 Å². The van der Waals surface area contributed by atoms with Crippen LogP contribution in [-0.2, 0) is 19.1 Å². The summed E-state index contributed by atoms with van der Waals surface area (Å²) < 4.78 is 9.82. The van der Waals surface area contributed by atoms with Crippen LogP contribution >= 0.6 is 0 Å². The fraction of sp³-hybridized carbons (Fsp3) is 0.800. The lowest BCUT2D eigenvalue weighted by atomic mass is 9.96. The van der Waals surface area contributed by atoms with Crippen LogP contribution in [0.1, 0.15) is 13.8 Å². The van der Waals surface area contributed by atoms with Crippen LogP contribution in [0.2, 0.25) is 0 Å². The number of ether oxygens (including phenoxy) is 2. The first-order valence-electron chi connectivity index (χ1n) is 5.43. The van der Waals surface area contributed by atoms with Crippen LogP contribution in [0.3, 0.4) is 0 Å². The van der Waals surface area contributed by atoms with Crippen molar-refractivity contribution in [2.45, 2.75) is 44.5 Å². The van der Waals surface area contributed by atoms with Crippen molar-refractivity contribution in [2.75, 3.05) is 6.61 Å². The molecule has 0 aromatic rings. The Morgan fingerprint density at radius 2 is 1.94 bits per heavy atom. The van der Waals surface area contributed by atoms with E-state index in [2.05, 4.69) is 5.32 Å². The maximum Gasteiger partial charge on any atom is 0.303 e. The molecule has 0 saturated carbocycles. The van der Waals surface area contributed by atoms with E-state index in [1.54, 1.807) is 0 Å². The maximum absolute atomic E-state index is 10.9. The van der Waals surface area contributed by atoms with Crippen LogP contribution < -0.4 is 5.32 Å². The zero-order chi connectivity index (χ0) is 13.9. The third-order valence-electron chi connectivity index (χ3n) is 2.54. The highest BCUT2D eigenvalue weighted by Gasteiger charge is 2.46. The zero-order valence-electron chi connectivity index (χ0n) is 10.1. The van der Waals surface area contributed by atoms with Gasteiger partial charge in [0.1, 0.15) is 18.2 Å². The number of nitrogens with one attached hydrogen (secondary N) is 1. The number of hydrogen-bond donors (Lipinski definition) is 4. The second kappa shape index (κ2) is 6.10. The van der Waals surface area contributed by atoms with Gasteiger partial charge in [0.15, 0.2) is 12.4 Å². The van der Waals surface area contributed by atoms with E-state index in [-0.39, 0.29) is 0 Å². The Labute approximate surface area is 104 Å². The molecule has 0 aromatic heterocycles. The van der Waals surface area contributed by atoms with Crippen LogP contribution in [-0.4, -0.2) is 64.4 Å². The van der Waals surface area contributed by atoms with Crippen molar-refractivity contribution >= 4 is 11.9 Å². The van der Waals surface area contributed by atoms with Gasteiger partial charge in [-0.05, 0) is 0 Å². The molecule has 1 aliphatic rings. The molecule has 1 heterocycles. The van der Waals surface area contributed by atoms with E-state index in [4.69, 9.17) is 14.6 Å². The molecule has 8 heteroatoms. The summed E-state index contributed by atoms with van der Waals surface area (Å²) in [6.45, 7) is 1.80. The lowest BCUT2D eigenvalue weighted by Gasteiger charge is -2.41. The van der Waals surface area contributed by atoms with E-state index in [1.807, 2.05) is 0 Å². The molecule has 0 radical (unpaired) electrons. The summed E-state index contributed by atoms with van der Waals surface area (Å²) in [4.78, 5) is 21.8. The van der Waals surface area contributed by atoms with Crippen LogP contribution in [0.5, 0.6) is 0 Å². The van der Waals surface area contributed by atoms with Crippen molar-refractivity contribution in [2.24, 2.45) is 0 Å². The molecular weight excluding hydrogens is 246 g/mol. The minimum Gasteiger partial charge on any atom is -0.457 e. The molecule has 0 aliphatic carbocycles. The third-order valence-corrected chi connectivity index (χ3v) is 2.54. The molecule has 1 aliphatic heterocycles. The summed E-state index contributed by atoms with van der Waals surface area (Å²) in [5, 5.41) is 30.9. The third kappa shape index (κ3) is 3.39. The van der Waals surface area contributed by atoms with Crippen molar-refractivity contribution in [1.82, 2.24) is 5.32 Å². The van der Waals surface area contributed by atoms with Crippen molar-refractivity contribution < 1.29 is 34.4 Å².